The van der Waals surface area contributed by atoms with E-state index in [4.69, 9.17) is 9.15 Å². The molecule has 0 spiro atoms. The van der Waals surface area contributed by atoms with Crippen LogP contribution in [0.5, 0.6) is 5.75 Å². The van der Waals surface area contributed by atoms with E-state index >= 15 is 0 Å². The van der Waals surface area contributed by atoms with E-state index in [-0.39, 0.29) is 19.0 Å². The predicted octanol–water partition coefficient (Wildman–Crippen LogP) is 2.42. The second-order valence-corrected chi connectivity index (χ2v) is 17.6. The van der Waals surface area contributed by atoms with Crippen LogP contribution in [0.25, 0.3) is 11.4 Å². The molecule has 4 heterocycles. The number of nitrogens with zero attached hydrogens (tertiary/aromatic N) is 7. The number of carbonyl (C=O) groups is 3. The fourth-order valence-electron chi connectivity index (χ4n) is 7.24. The van der Waals surface area contributed by atoms with Crippen molar-refractivity contribution in [3.8, 4) is 17.1 Å². The summed E-state index contributed by atoms with van der Waals surface area (Å²) in [5.41, 5.74) is -1.32. The zero-order chi connectivity index (χ0) is 38.6. The van der Waals surface area contributed by atoms with Gasteiger partial charge in [0, 0.05) is 24.9 Å². The summed E-state index contributed by atoms with van der Waals surface area (Å²) in [6, 6.07) is 2.58. The van der Waals surface area contributed by atoms with Gasteiger partial charge in [-0.05, 0) is 72.9 Å². The van der Waals surface area contributed by atoms with Crippen LogP contribution < -0.4 is 20.1 Å². The molecule has 4 aliphatic rings. The minimum Gasteiger partial charge on any atom is -0.496 e. The molecule has 8 bridgehead atoms. The Balaban J connectivity index is 1.23. The number of alkyl halides is 2. The summed E-state index contributed by atoms with van der Waals surface area (Å²) >= 11 is 0. The minimum absolute atomic E-state index is 0.0128. The second kappa shape index (κ2) is 14.2. The van der Waals surface area contributed by atoms with Gasteiger partial charge in [-0.1, -0.05) is 32.3 Å². The number of carbonyl (C=O) groups excluding carboxylic acids is 3. The van der Waals surface area contributed by atoms with Crippen LogP contribution in [-0.2, 0) is 37.2 Å². The van der Waals surface area contributed by atoms with Crippen molar-refractivity contribution >= 4 is 33.8 Å². The Bertz CT molecular complexity index is 2030. The number of sulfonamides is 1. The normalized spacial score (nSPS) is 26.2. The summed E-state index contributed by atoms with van der Waals surface area (Å²) < 4.78 is 66.9. The smallest absolute Gasteiger partial charge is 0.316 e. The Morgan fingerprint density at radius 2 is 1.87 bits per heavy atom. The van der Waals surface area contributed by atoms with Crippen molar-refractivity contribution in [2.45, 2.75) is 114 Å². The molecule has 2 aliphatic heterocycles. The van der Waals surface area contributed by atoms with E-state index in [2.05, 4.69) is 36.2 Å². The molecule has 292 valence electrons. The van der Waals surface area contributed by atoms with Crippen LogP contribution in [0.15, 0.2) is 22.6 Å². The highest BCUT2D eigenvalue weighted by atomic mass is 32.2. The first-order chi connectivity index (χ1) is 25.6. The first-order valence-electron chi connectivity index (χ1n) is 18.1. The van der Waals surface area contributed by atoms with Crippen molar-refractivity contribution in [3.63, 3.8) is 0 Å². The van der Waals surface area contributed by atoms with Crippen molar-refractivity contribution in [3.05, 3.63) is 29.7 Å². The molecular weight excluding hydrogens is 730 g/mol. The van der Waals surface area contributed by atoms with E-state index in [0.717, 1.165) is 37.0 Å². The second-order valence-electron chi connectivity index (χ2n) is 15.6. The third kappa shape index (κ3) is 7.48. The molecular formula is C34H44F2N10O7S. The molecule has 3 fully saturated rings. The first-order valence-corrected chi connectivity index (χ1v) is 19.7. The summed E-state index contributed by atoms with van der Waals surface area (Å²) in [6.07, 6.45) is 0.847. The number of aryl methyl sites for hydroxylation is 2. The molecule has 3 aromatic rings. The number of tetrazole rings is 1. The Kier molecular flexibility index (Phi) is 9.84. The molecule has 5 atom stereocenters. The maximum absolute atomic E-state index is 14.6. The van der Waals surface area contributed by atoms with Gasteiger partial charge >= 0.3 is 6.01 Å². The number of ether oxygens (including phenoxy) is 1. The lowest BCUT2D eigenvalue weighted by molar-refractivity contribution is -0.141. The summed E-state index contributed by atoms with van der Waals surface area (Å²) in [7, 11) is -2.51. The van der Waals surface area contributed by atoms with E-state index in [1.165, 1.54) is 9.70 Å². The number of methoxy groups -OCH3 is 1. The summed E-state index contributed by atoms with van der Waals surface area (Å²) in [6.45, 7) is 5.35. The van der Waals surface area contributed by atoms with Gasteiger partial charge in [-0.25, -0.2) is 17.2 Å². The number of aromatic nitrogens is 6. The molecule has 3 amide bonds. The van der Waals surface area contributed by atoms with Crippen molar-refractivity contribution in [2.75, 3.05) is 19.0 Å². The maximum atomic E-state index is 14.6. The molecule has 54 heavy (non-hydrogen) atoms. The van der Waals surface area contributed by atoms with Crippen molar-refractivity contribution in [1.82, 2.24) is 45.3 Å². The van der Waals surface area contributed by atoms with Crippen LogP contribution in [0.2, 0.25) is 0 Å². The van der Waals surface area contributed by atoms with Gasteiger partial charge in [-0.2, -0.15) is 4.80 Å². The molecule has 2 saturated carbocycles. The SMILES string of the molecule is COc1ccc2cc1CCCCCc1nnc(o1)N[C@@H](C(C)(C)C)C(=O)N1C[C@@H](C[C@H]1C(=O)N[C@]1(C(=O)NS(=O)(=O)C3CC3)C[C@H]1C(F)F)n1nnc-2n1. The Morgan fingerprint density at radius 3 is 2.56 bits per heavy atom. The number of fused-ring (bicyclic) bond motifs is 10. The minimum atomic E-state index is -4.11. The molecule has 7 rings (SSSR count). The first kappa shape index (κ1) is 37.6. The highest BCUT2D eigenvalue weighted by molar-refractivity contribution is 7.91. The van der Waals surface area contributed by atoms with Gasteiger partial charge in [-0.15, -0.1) is 15.3 Å². The van der Waals surface area contributed by atoms with Gasteiger partial charge in [0.15, 0.2) is 0 Å². The molecule has 0 unspecified atom stereocenters. The monoisotopic (exact) mass is 774 g/mol. The van der Waals surface area contributed by atoms with Gasteiger partial charge in [0.1, 0.15) is 23.4 Å². The number of nitrogens with one attached hydrogen (secondary N) is 3. The Morgan fingerprint density at radius 1 is 1.11 bits per heavy atom. The van der Waals surface area contributed by atoms with Gasteiger partial charge < -0.3 is 24.7 Å². The van der Waals surface area contributed by atoms with E-state index in [9.17, 15) is 31.6 Å². The maximum Gasteiger partial charge on any atom is 0.316 e. The quantitative estimate of drug-likeness (QED) is 0.315. The average Bonchev–Trinajstić information content (AvgIpc) is 3.92. The van der Waals surface area contributed by atoms with Gasteiger partial charge in [-0.3, -0.25) is 19.1 Å². The number of halogens is 2. The highest BCUT2D eigenvalue weighted by Gasteiger charge is 2.67. The van der Waals surface area contributed by atoms with Crippen LogP contribution >= 0.6 is 0 Å². The van der Waals surface area contributed by atoms with Crippen LogP contribution in [0, 0.1) is 11.3 Å². The fraction of sp³-hybridized carbons (Fsp3) is 0.647. The fourth-order valence-corrected chi connectivity index (χ4v) is 8.60. The molecule has 3 N–H and O–H groups in total. The molecule has 2 aromatic heterocycles. The number of rotatable bonds is 7. The summed E-state index contributed by atoms with van der Waals surface area (Å²) in [5.74, 6) is -2.89. The van der Waals surface area contributed by atoms with E-state index in [0.29, 0.717) is 36.5 Å². The number of hydrogen-bond acceptors (Lipinski definition) is 13. The van der Waals surface area contributed by atoms with Crippen LogP contribution in [0.3, 0.4) is 0 Å². The van der Waals surface area contributed by atoms with Crippen molar-refractivity contribution in [2.24, 2.45) is 11.3 Å². The van der Waals surface area contributed by atoms with E-state index in [1.807, 2.05) is 43.7 Å². The Hall–Kier alpha value is -4.75. The van der Waals surface area contributed by atoms with Crippen molar-refractivity contribution < 1.29 is 40.7 Å². The van der Waals surface area contributed by atoms with Gasteiger partial charge in [0.05, 0.1) is 24.3 Å². The number of benzene rings is 1. The topological polar surface area (TPSA) is 216 Å². The average molecular weight is 775 g/mol. The highest BCUT2D eigenvalue weighted by Crippen LogP contribution is 2.48. The van der Waals surface area contributed by atoms with Crippen LogP contribution in [-0.4, -0.2) is 104 Å². The summed E-state index contributed by atoms with van der Waals surface area (Å²) in [4.78, 5) is 44.8. The zero-order valence-electron chi connectivity index (χ0n) is 30.4. The van der Waals surface area contributed by atoms with E-state index < -0.39 is 80.8 Å². The molecule has 2 aliphatic carbocycles. The number of hydrogen-bond donors (Lipinski definition) is 3. The lowest BCUT2D eigenvalue weighted by Crippen LogP contribution is -2.59. The van der Waals surface area contributed by atoms with Crippen LogP contribution in [0.1, 0.15) is 83.2 Å². The molecule has 17 nitrogen and oxygen atoms in total. The molecule has 1 saturated heterocycles. The molecule has 1 aromatic carbocycles. The largest absolute Gasteiger partial charge is 0.496 e. The standard InChI is InChI=1S/C34H44F2N10O7S/c1-33(2,3)26-30(48)45-17-20(15-23(45)29(47)38-34(16-22(34)27(35)36)31(49)43-54(50,51)21-11-12-21)46-42-28(40-44-46)19-10-13-24(52-4)18(14-19)8-6-5-7-9-25-39-41-32(37-26)53-25/h10,13-14,20-23,26-27H,5-9,11-12,15-17H2,1-4H3,(H,37,41)(H,38,47)(H,43,49)/t20-,22+,23+,26-,34-/m1/s1. The number of anilines is 1. The Labute approximate surface area is 310 Å². The third-order valence-electron chi connectivity index (χ3n) is 10.6. The predicted molar refractivity (Wildman–Crippen MR) is 186 cm³/mol. The summed E-state index contributed by atoms with van der Waals surface area (Å²) in [5, 5.41) is 26.2. The third-order valence-corrected chi connectivity index (χ3v) is 12.4. The van der Waals surface area contributed by atoms with E-state index in [1.54, 1.807) is 7.11 Å². The molecule has 20 heteroatoms. The lowest BCUT2D eigenvalue weighted by Gasteiger charge is -2.35. The lowest BCUT2D eigenvalue weighted by atomic mass is 9.85. The number of amides is 3. The van der Waals surface area contributed by atoms with Crippen LogP contribution in [0.4, 0.5) is 14.8 Å². The molecule has 0 radical (unpaired) electrons. The zero-order valence-corrected chi connectivity index (χ0v) is 31.2. The van der Waals surface area contributed by atoms with Gasteiger partial charge in [0.25, 0.3) is 5.91 Å². The van der Waals surface area contributed by atoms with Gasteiger partial charge in [0.2, 0.25) is 40.0 Å². The van der Waals surface area contributed by atoms with Crippen molar-refractivity contribution in [1.29, 1.82) is 0 Å².